The number of likely N-dealkylation sites (tertiary alicyclic amines) is 1. The molecule has 1 aliphatic heterocycles. The number of nitrogens with zero attached hydrogens (tertiary/aromatic N) is 2. The fourth-order valence-electron chi connectivity index (χ4n) is 3.43. The van der Waals surface area contributed by atoms with E-state index in [1.54, 1.807) is 12.0 Å². The summed E-state index contributed by atoms with van der Waals surface area (Å²) in [5, 5.41) is 0. The molecule has 0 unspecified atom stereocenters. The number of hydrogen-bond acceptors (Lipinski definition) is 3. The Hall–Kier alpha value is -2.04. The van der Waals surface area contributed by atoms with Gasteiger partial charge in [-0.25, -0.2) is 0 Å². The van der Waals surface area contributed by atoms with Gasteiger partial charge in [0.15, 0.2) is 0 Å². The Labute approximate surface area is 143 Å². The number of hydrogen-bond donors (Lipinski definition) is 0. The summed E-state index contributed by atoms with van der Waals surface area (Å²) in [5.41, 5.74) is 1.05. The zero-order chi connectivity index (χ0) is 17.3. The van der Waals surface area contributed by atoms with Crippen LogP contribution in [0.25, 0.3) is 0 Å². The minimum absolute atomic E-state index is 0.0663. The Morgan fingerprint density at radius 3 is 2.58 bits per heavy atom. The molecule has 0 N–H and O–H groups in total. The maximum absolute atomic E-state index is 12.7. The fraction of sp³-hybridized carbons (Fsp3) is 0.579. The van der Waals surface area contributed by atoms with Crippen molar-refractivity contribution in [3.05, 3.63) is 29.8 Å². The molecule has 1 saturated heterocycles. The Morgan fingerprint density at radius 2 is 2.00 bits per heavy atom. The first-order valence-electron chi connectivity index (χ1n) is 8.67. The summed E-state index contributed by atoms with van der Waals surface area (Å²) in [5.74, 6) is 1.42. The number of carbonyl (C=O) groups excluding carboxylic acids is 2. The second kappa shape index (κ2) is 6.83. The topological polar surface area (TPSA) is 49.9 Å². The van der Waals surface area contributed by atoms with E-state index < -0.39 is 0 Å². The van der Waals surface area contributed by atoms with Crippen molar-refractivity contribution < 1.29 is 14.3 Å². The Morgan fingerprint density at radius 1 is 1.33 bits per heavy atom. The third-order valence-electron chi connectivity index (χ3n) is 5.36. The van der Waals surface area contributed by atoms with Crippen LogP contribution in [0.4, 0.5) is 0 Å². The molecule has 2 aliphatic rings. The predicted molar refractivity (Wildman–Crippen MR) is 91.5 cm³/mol. The molecule has 0 aromatic heterocycles. The van der Waals surface area contributed by atoms with Crippen LogP contribution in [0, 0.1) is 11.8 Å². The highest BCUT2D eigenvalue weighted by atomic mass is 16.5. The third-order valence-corrected chi connectivity index (χ3v) is 5.36. The highest BCUT2D eigenvalue weighted by molar-refractivity contribution is 5.89. The maximum Gasteiger partial charge on any atom is 0.227 e. The van der Waals surface area contributed by atoms with Gasteiger partial charge in [-0.2, -0.15) is 0 Å². The molecular weight excluding hydrogens is 304 g/mol. The molecule has 2 amide bonds. The first kappa shape index (κ1) is 16.8. The van der Waals surface area contributed by atoms with Crippen molar-refractivity contribution in [3.8, 4) is 5.75 Å². The van der Waals surface area contributed by atoms with Crippen molar-refractivity contribution >= 4 is 11.8 Å². The zero-order valence-electron chi connectivity index (χ0n) is 14.7. The first-order chi connectivity index (χ1) is 11.5. The van der Waals surface area contributed by atoms with E-state index >= 15 is 0 Å². The Balaban J connectivity index is 1.59. The standard InChI is InChI=1S/C19H26N2O3/c1-13(15-6-7-15)20(2)19(23)16-10-18(22)21(12-16)11-14-4-8-17(24-3)9-5-14/h4-5,8-9,13,15-16H,6-7,10-12H2,1-3H3/t13-,16+/m1/s1. The van der Waals surface area contributed by atoms with Crippen LogP contribution in [0.15, 0.2) is 24.3 Å². The van der Waals surface area contributed by atoms with Crippen LogP contribution >= 0.6 is 0 Å². The van der Waals surface area contributed by atoms with Crippen LogP contribution in [-0.2, 0) is 16.1 Å². The molecular formula is C19H26N2O3. The van der Waals surface area contributed by atoms with Crippen LogP contribution in [0.5, 0.6) is 5.75 Å². The second-order valence-electron chi connectivity index (χ2n) is 7.05. The number of benzene rings is 1. The molecule has 0 bridgehead atoms. The van der Waals surface area contributed by atoms with Gasteiger partial charge in [0.2, 0.25) is 11.8 Å². The average Bonchev–Trinajstić information content (AvgIpc) is 3.38. The molecule has 5 heteroatoms. The molecule has 1 aromatic carbocycles. The number of methoxy groups -OCH3 is 1. The van der Waals surface area contributed by atoms with Gasteiger partial charge in [-0.15, -0.1) is 0 Å². The molecule has 130 valence electrons. The zero-order valence-corrected chi connectivity index (χ0v) is 14.7. The van der Waals surface area contributed by atoms with E-state index in [1.807, 2.05) is 36.2 Å². The van der Waals surface area contributed by atoms with E-state index in [4.69, 9.17) is 4.74 Å². The summed E-state index contributed by atoms with van der Waals surface area (Å²) in [7, 11) is 3.51. The van der Waals surface area contributed by atoms with E-state index in [0.717, 1.165) is 11.3 Å². The summed E-state index contributed by atoms with van der Waals surface area (Å²) >= 11 is 0. The second-order valence-corrected chi connectivity index (χ2v) is 7.05. The third kappa shape index (κ3) is 3.55. The van der Waals surface area contributed by atoms with Gasteiger partial charge in [-0.05, 0) is 43.4 Å². The van der Waals surface area contributed by atoms with E-state index in [-0.39, 0.29) is 23.8 Å². The summed E-state index contributed by atoms with van der Waals surface area (Å²) in [6, 6.07) is 7.99. The van der Waals surface area contributed by atoms with Gasteiger partial charge in [0.1, 0.15) is 5.75 Å². The normalized spacial score (nSPS) is 21.7. The summed E-state index contributed by atoms with van der Waals surface area (Å²) in [6.07, 6.45) is 2.76. The highest BCUT2D eigenvalue weighted by Crippen LogP contribution is 2.35. The Bertz CT molecular complexity index is 610. The van der Waals surface area contributed by atoms with Crippen molar-refractivity contribution in [1.82, 2.24) is 9.80 Å². The number of amides is 2. The minimum Gasteiger partial charge on any atom is -0.497 e. The molecule has 0 radical (unpaired) electrons. The molecule has 24 heavy (non-hydrogen) atoms. The van der Waals surface area contributed by atoms with Gasteiger partial charge >= 0.3 is 0 Å². The van der Waals surface area contributed by atoms with Gasteiger partial charge < -0.3 is 14.5 Å². The Kier molecular flexibility index (Phi) is 4.78. The van der Waals surface area contributed by atoms with Crippen molar-refractivity contribution in [2.24, 2.45) is 11.8 Å². The number of ether oxygens (including phenoxy) is 1. The van der Waals surface area contributed by atoms with E-state index in [2.05, 4.69) is 6.92 Å². The average molecular weight is 330 g/mol. The van der Waals surface area contributed by atoms with Gasteiger partial charge in [-0.3, -0.25) is 9.59 Å². The molecule has 1 aromatic rings. The van der Waals surface area contributed by atoms with Crippen molar-refractivity contribution in [2.45, 2.75) is 38.8 Å². The maximum atomic E-state index is 12.7. The summed E-state index contributed by atoms with van der Waals surface area (Å²) in [4.78, 5) is 28.6. The molecule has 1 saturated carbocycles. The molecule has 1 heterocycles. The lowest BCUT2D eigenvalue weighted by Gasteiger charge is -2.27. The molecule has 1 aliphatic carbocycles. The lowest BCUT2D eigenvalue weighted by atomic mass is 10.1. The quantitative estimate of drug-likeness (QED) is 0.804. The lowest BCUT2D eigenvalue weighted by molar-refractivity contribution is -0.136. The van der Waals surface area contributed by atoms with Crippen LogP contribution in [0.3, 0.4) is 0 Å². The molecule has 2 fully saturated rings. The molecule has 0 spiro atoms. The van der Waals surface area contributed by atoms with Gasteiger partial charge in [0.05, 0.1) is 13.0 Å². The van der Waals surface area contributed by atoms with Crippen LogP contribution in [0.1, 0.15) is 31.7 Å². The van der Waals surface area contributed by atoms with Gasteiger partial charge in [0.25, 0.3) is 0 Å². The number of rotatable bonds is 6. The molecule has 2 atom stereocenters. The summed E-state index contributed by atoms with van der Waals surface area (Å²) < 4.78 is 5.15. The van der Waals surface area contributed by atoms with E-state index in [9.17, 15) is 9.59 Å². The van der Waals surface area contributed by atoms with Gasteiger partial charge in [-0.1, -0.05) is 12.1 Å². The van der Waals surface area contributed by atoms with Crippen molar-refractivity contribution in [1.29, 1.82) is 0 Å². The predicted octanol–water partition coefficient (Wildman–Crippen LogP) is 2.30. The highest BCUT2D eigenvalue weighted by Gasteiger charge is 2.39. The fourth-order valence-corrected chi connectivity index (χ4v) is 3.43. The van der Waals surface area contributed by atoms with Crippen LogP contribution in [-0.4, -0.2) is 48.4 Å². The van der Waals surface area contributed by atoms with Crippen molar-refractivity contribution in [3.63, 3.8) is 0 Å². The smallest absolute Gasteiger partial charge is 0.227 e. The van der Waals surface area contributed by atoms with Gasteiger partial charge in [0, 0.05) is 32.6 Å². The SMILES string of the molecule is COc1ccc(CN2C[C@@H](C(=O)N(C)[C@H](C)C3CC3)CC2=O)cc1. The van der Waals surface area contributed by atoms with Crippen LogP contribution in [0.2, 0.25) is 0 Å². The molecule has 5 nitrogen and oxygen atoms in total. The summed E-state index contributed by atoms with van der Waals surface area (Å²) in [6.45, 7) is 3.18. The number of carbonyl (C=O) groups is 2. The minimum atomic E-state index is -0.207. The van der Waals surface area contributed by atoms with Crippen molar-refractivity contribution in [2.75, 3.05) is 20.7 Å². The first-order valence-corrected chi connectivity index (χ1v) is 8.67. The lowest BCUT2D eigenvalue weighted by Crippen LogP contribution is -2.41. The van der Waals surface area contributed by atoms with E-state index in [1.165, 1.54) is 12.8 Å². The molecule has 3 rings (SSSR count). The largest absolute Gasteiger partial charge is 0.497 e. The van der Waals surface area contributed by atoms with Crippen LogP contribution < -0.4 is 4.74 Å². The monoisotopic (exact) mass is 330 g/mol. The van der Waals surface area contributed by atoms with E-state index in [0.29, 0.717) is 25.4 Å².